The standard InChI is InChI=1S/C17H12N2O7/c20-8-10(9-5-13(19(25)26)15(22)14(21)6-9)7-18-16(23)11-3-1-2-4-12(11)17(18)24/h1-6,8,10,21-22H,7H2. The Morgan fingerprint density at radius 3 is 2.19 bits per heavy atom. The summed E-state index contributed by atoms with van der Waals surface area (Å²) in [5, 5.41) is 30.2. The topological polar surface area (TPSA) is 138 Å². The lowest BCUT2D eigenvalue weighted by atomic mass is 9.98. The molecule has 2 aromatic rings. The lowest BCUT2D eigenvalue weighted by Gasteiger charge is -2.19. The number of nitro groups is 1. The molecule has 9 nitrogen and oxygen atoms in total. The van der Waals surface area contributed by atoms with Crippen molar-refractivity contribution in [1.82, 2.24) is 4.90 Å². The highest BCUT2D eigenvalue weighted by molar-refractivity contribution is 6.21. The first-order valence-electron chi connectivity index (χ1n) is 7.46. The molecule has 2 amide bonds. The monoisotopic (exact) mass is 356 g/mol. The van der Waals surface area contributed by atoms with Crippen LogP contribution in [0, 0.1) is 10.1 Å². The van der Waals surface area contributed by atoms with Gasteiger partial charge < -0.3 is 15.0 Å². The van der Waals surface area contributed by atoms with Crippen LogP contribution < -0.4 is 0 Å². The average molecular weight is 356 g/mol. The van der Waals surface area contributed by atoms with Gasteiger partial charge in [-0.3, -0.25) is 24.6 Å². The quantitative estimate of drug-likeness (QED) is 0.273. The number of aldehydes is 1. The summed E-state index contributed by atoms with van der Waals surface area (Å²) < 4.78 is 0. The minimum atomic E-state index is -1.11. The van der Waals surface area contributed by atoms with Crippen LogP contribution in [0.1, 0.15) is 32.2 Å². The lowest BCUT2D eigenvalue weighted by molar-refractivity contribution is -0.386. The van der Waals surface area contributed by atoms with Crippen LogP contribution in [0.3, 0.4) is 0 Å². The van der Waals surface area contributed by atoms with E-state index in [1.807, 2.05) is 0 Å². The summed E-state index contributed by atoms with van der Waals surface area (Å²) in [5.74, 6) is -3.96. The first-order chi connectivity index (χ1) is 12.3. The maximum absolute atomic E-state index is 12.4. The number of hydrogen-bond acceptors (Lipinski definition) is 7. The molecular formula is C17H12N2O7. The van der Waals surface area contributed by atoms with E-state index in [9.17, 15) is 34.7 Å². The molecule has 2 aromatic carbocycles. The van der Waals surface area contributed by atoms with Crippen molar-refractivity contribution in [2.45, 2.75) is 5.92 Å². The van der Waals surface area contributed by atoms with Crippen LogP contribution in [0.4, 0.5) is 5.69 Å². The molecule has 0 spiro atoms. The lowest BCUT2D eigenvalue weighted by Crippen LogP contribution is -2.34. The number of hydrogen-bond donors (Lipinski definition) is 2. The number of phenolic OH excluding ortho intramolecular Hbond substituents is 2. The van der Waals surface area contributed by atoms with Gasteiger partial charge in [0.1, 0.15) is 6.29 Å². The summed E-state index contributed by atoms with van der Waals surface area (Å²) in [4.78, 5) is 47.2. The molecule has 3 rings (SSSR count). The highest BCUT2D eigenvalue weighted by atomic mass is 16.6. The largest absolute Gasteiger partial charge is 0.504 e. The molecule has 1 unspecified atom stereocenters. The van der Waals surface area contributed by atoms with E-state index in [-0.39, 0.29) is 23.2 Å². The number of aromatic hydroxyl groups is 2. The maximum Gasteiger partial charge on any atom is 0.314 e. The molecule has 0 aliphatic carbocycles. The zero-order valence-corrected chi connectivity index (χ0v) is 13.2. The number of imide groups is 1. The second-order valence-electron chi connectivity index (χ2n) is 5.67. The molecule has 132 valence electrons. The van der Waals surface area contributed by atoms with Crippen molar-refractivity contribution in [1.29, 1.82) is 0 Å². The molecule has 2 N–H and O–H groups in total. The second kappa shape index (κ2) is 6.28. The molecule has 0 bridgehead atoms. The summed E-state index contributed by atoms with van der Waals surface area (Å²) in [6.45, 7) is -0.350. The number of fused-ring (bicyclic) bond motifs is 1. The molecule has 0 saturated carbocycles. The molecule has 0 fully saturated rings. The Labute approximate surface area is 146 Å². The van der Waals surface area contributed by atoms with Gasteiger partial charge in [-0.25, -0.2) is 0 Å². The van der Waals surface area contributed by atoms with Gasteiger partial charge in [-0.15, -0.1) is 0 Å². The fraction of sp³-hybridized carbons (Fsp3) is 0.118. The highest BCUT2D eigenvalue weighted by Gasteiger charge is 2.37. The van der Waals surface area contributed by atoms with E-state index in [1.54, 1.807) is 12.1 Å². The minimum Gasteiger partial charge on any atom is -0.504 e. The van der Waals surface area contributed by atoms with Gasteiger partial charge in [-0.2, -0.15) is 0 Å². The molecular weight excluding hydrogens is 344 g/mol. The van der Waals surface area contributed by atoms with Crippen LogP contribution in [0.15, 0.2) is 36.4 Å². The third-order valence-corrected chi connectivity index (χ3v) is 4.14. The fourth-order valence-corrected chi connectivity index (χ4v) is 2.81. The van der Waals surface area contributed by atoms with Crippen LogP contribution in [0.5, 0.6) is 11.5 Å². The number of carbonyl (C=O) groups is 3. The number of carbonyl (C=O) groups excluding carboxylic acids is 3. The normalized spacial score (nSPS) is 14.2. The number of nitrogens with zero attached hydrogens (tertiary/aromatic N) is 2. The predicted octanol–water partition coefficient (Wildman–Crippen LogP) is 1.58. The number of amides is 2. The second-order valence-corrected chi connectivity index (χ2v) is 5.67. The fourth-order valence-electron chi connectivity index (χ4n) is 2.81. The van der Waals surface area contributed by atoms with E-state index in [1.165, 1.54) is 12.1 Å². The predicted molar refractivity (Wildman–Crippen MR) is 87.0 cm³/mol. The Balaban J connectivity index is 1.95. The Kier molecular flexibility index (Phi) is 4.13. The van der Waals surface area contributed by atoms with Gasteiger partial charge in [0.25, 0.3) is 11.8 Å². The van der Waals surface area contributed by atoms with E-state index in [0.717, 1.165) is 17.0 Å². The van der Waals surface area contributed by atoms with Gasteiger partial charge in [0, 0.05) is 12.6 Å². The summed E-state index contributed by atoms with van der Waals surface area (Å²) in [6, 6.07) is 8.09. The highest BCUT2D eigenvalue weighted by Crippen LogP contribution is 2.38. The maximum atomic E-state index is 12.4. The molecule has 9 heteroatoms. The smallest absolute Gasteiger partial charge is 0.314 e. The summed E-state index contributed by atoms with van der Waals surface area (Å²) in [7, 11) is 0. The van der Waals surface area contributed by atoms with Gasteiger partial charge in [0.2, 0.25) is 5.75 Å². The molecule has 0 saturated heterocycles. The van der Waals surface area contributed by atoms with E-state index >= 15 is 0 Å². The Morgan fingerprint density at radius 1 is 1.12 bits per heavy atom. The van der Waals surface area contributed by atoms with E-state index in [0.29, 0.717) is 6.29 Å². The van der Waals surface area contributed by atoms with Crippen LogP contribution >= 0.6 is 0 Å². The summed E-state index contributed by atoms with van der Waals surface area (Å²) >= 11 is 0. The zero-order chi connectivity index (χ0) is 19.0. The van der Waals surface area contributed by atoms with E-state index in [2.05, 4.69) is 0 Å². The van der Waals surface area contributed by atoms with Crippen molar-refractivity contribution in [3.63, 3.8) is 0 Å². The van der Waals surface area contributed by atoms with Crippen LogP contribution in [0.2, 0.25) is 0 Å². The third-order valence-electron chi connectivity index (χ3n) is 4.14. The molecule has 1 atom stereocenters. The minimum absolute atomic E-state index is 0.00134. The van der Waals surface area contributed by atoms with Crippen molar-refractivity contribution in [3.8, 4) is 11.5 Å². The summed E-state index contributed by atoms with van der Waals surface area (Å²) in [6.07, 6.45) is 0.416. The molecule has 1 aliphatic rings. The van der Waals surface area contributed by atoms with Crippen molar-refractivity contribution in [2.75, 3.05) is 6.54 Å². The Morgan fingerprint density at radius 2 is 1.69 bits per heavy atom. The van der Waals surface area contributed by atoms with Crippen LogP contribution in [-0.4, -0.2) is 44.7 Å². The summed E-state index contributed by atoms with van der Waals surface area (Å²) in [5.41, 5.74) is -0.365. The van der Waals surface area contributed by atoms with Gasteiger partial charge in [0.05, 0.1) is 22.0 Å². The van der Waals surface area contributed by atoms with Crippen molar-refractivity contribution in [3.05, 3.63) is 63.2 Å². The average Bonchev–Trinajstić information content (AvgIpc) is 2.86. The first-order valence-corrected chi connectivity index (χ1v) is 7.46. The van der Waals surface area contributed by atoms with Gasteiger partial charge in [-0.1, -0.05) is 12.1 Å². The molecule has 1 heterocycles. The van der Waals surface area contributed by atoms with E-state index < -0.39 is 39.8 Å². The van der Waals surface area contributed by atoms with E-state index in [4.69, 9.17) is 0 Å². The van der Waals surface area contributed by atoms with Crippen molar-refractivity contribution < 1.29 is 29.5 Å². The molecule has 26 heavy (non-hydrogen) atoms. The van der Waals surface area contributed by atoms with Gasteiger partial charge >= 0.3 is 5.69 Å². The third kappa shape index (κ3) is 2.65. The van der Waals surface area contributed by atoms with Gasteiger partial charge in [-0.05, 0) is 23.8 Å². The number of phenols is 2. The van der Waals surface area contributed by atoms with Crippen LogP contribution in [-0.2, 0) is 4.79 Å². The molecule has 0 radical (unpaired) electrons. The number of nitro benzene ring substituents is 1. The van der Waals surface area contributed by atoms with Crippen molar-refractivity contribution in [2.24, 2.45) is 0 Å². The first kappa shape index (κ1) is 17.1. The zero-order valence-electron chi connectivity index (χ0n) is 13.2. The Hall–Kier alpha value is -3.75. The van der Waals surface area contributed by atoms with Crippen LogP contribution in [0.25, 0.3) is 0 Å². The number of rotatable bonds is 5. The molecule has 0 aromatic heterocycles. The SMILES string of the molecule is O=CC(CN1C(=O)c2ccccc2C1=O)c1cc(O)c(O)c([N+](=O)[O-])c1. The number of benzene rings is 2. The van der Waals surface area contributed by atoms with Crippen molar-refractivity contribution >= 4 is 23.8 Å². The molecule has 1 aliphatic heterocycles. The Bertz CT molecular complexity index is 919. The van der Waals surface area contributed by atoms with Gasteiger partial charge in [0.15, 0.2) is 5.75 Å².